The molecule has 0 saturated heterocycles. The summed E-state index contributed by atoms with van der Waals surface area (Å²) in [7, 11) is 0. The van der Waals surface area contributed by atoms with E-state index in [1.807, 2.05) is 30.3 Å². The molecule has 0 aliphatic carbocycles. The van der Waals surface area contributed by atoms with Crippen LogP contribution < -0.4 is 5.32 Å². The molecule has 3 heterocycles. The molecule has 3 aromatic heterocycles. The summed E-state index contributed by atoms with van der Waals surface area (Å²) >= 11 is 0. The Hall–Kier alpha value is -3.88. The average molecular weight is 353 g/mol. The van der Waals surface area contributed by atoms with Crippen molar-refractivity contribution in [3.05, 3.63) is 70.1 Å². The quantitative estimate of drug-likeness (QED) is 0.430. The lowest BCUT2D eigenvalue weighted by Crippen LogP contribution is -2.22. The molecular formula is C17H11N3O6. The van der Waals surface area contributed by atoms with E-state index in [4.69, 9.17) is 13.4 Å². The summed E-state index contributed by atoms with van der Waals surface area (Å²) in [6.45, 7) is 0.0665. The van der Waals surface area contributed by atoms with E-state index in [1.54, 1.807) is 6.07 Å². The molecule has 0 atom stereocenters. The maximum absolute atomic E-state index is 11.9. The molecule has 0 aliphatic heterocycles. The number of nitrogens with one attached hydrogen (secondary N) is 1. The fraction of sp³-hybridized carbons (Fsp3) is 0.0588. The van der Waals surface area contributed by atoms with Crippen molar-refractivity contribution >= 4 is 22.8 Å². The van der Waals surface area contributed by atoms with E-state index >= 15 is 0 Å². The number of rotatable bonds is 5. The van der Waals surface area contributed by atoms with Crippen molar-refractivity contribution in [2.45, 2.75) is 6.54 Å². The fourth-order valence-electron chi connectivity index (χ4n) is 2.42. The second kappa shape index (κ2) is 6.20. The minimum atomic E-state index is -0.714. The number of furan rings is 2. The Balaban J connectivity index is 1.44. The number of para-hydroxylation sites is 1. The standard InChI is InChI=1S/C17H11N3O6/c21-17(13-5-6-16(25-13)20(22)23)18-9-11-8-15(26-19-11)14-7-10-3-1-2-4-12(10)24-14/h1-8H,9H2,(H,18,21). The first-order valence-corrected chi connectivity index (χ1v) is 7.57. The highest BCUT2D eigenvalue weighted by Crippen LogP contribution is 2.28. The van der Waals surface area contributed by atoms with Crippen LogP contribution in [-0.4, -0.2) is 16.0 Å². The summed E-state index contributed by atoms with van der Waals surface area (Å²) < 4.78 is 15.8. The molecule has 0 radical (unpaired) electrons. The lowest BCUT2D eigenvalue weighted by Gasteiger charge is -1.98. The molecule has 4 rings (SSSR count). The Morgan fingerprint density at radius 2 is 1.96 bits per heavy atom. The number of amides is 1. The summed E-state index contributed by atoms with van der Waals surface area (Å²) in [6, 6.07) is 13.4. The van der Waals surface area contributed by atoms with E-state index in [2.05, 4.69) is 10.5 Å². The summed E-state index contributed by atoms with van der Waals surface area (Å²) in [4.78, 5) is 21.8. The zero-order chi connectivity index (χ0) is 18.1. The molecular weight excluding hydrogens is 342 g/mol. The van der Waals surface area contributed by atoms with Crippen LogP contribution in [0.3, 0.4) is 0 Å². The molecule has 1 N–H and O–H groups in total. The molecule has 0 saturated carbocycles. The zero-order valence-electron chi connectivity index (χ0n) is 13.2. The van der Waals surface area contributed by atoms with Gasteiger partial charge in [-0.1, -0.05) is 23.4 Å². The Bertz CT molecular complexity index is 1070. The van der Waals surface area contributed by atoms with Crippen LogP contribution in [0.15, 0.2) is 61.9 Å². The number of nitro groups is 1. The second-order valence-corrected chi connectivity index (χ2v) is 5.41. The third-order valence-corrected chi connectivity index (χ3v) is 3.65. The number of nitrogens with zero attached hydrogens (tertiary/aromatic N) is 2. The molecule has 0 unspecified atom stereocenters. The topological polar surface area (TPSA) is 125 Å². The van der Waals surface area contributed by atoms with Crippen molar-refractivity contribution in [3.8, 4) is 11.5 Å². The Morgan fingerprint density at radius 1 is 1.12 bits per heavy atom. The molecule has 0 aliphatic rings. The van der Waals surface area contributed by atoms with Crippen LogP contribution in [0.1, 0.15) is 16.2 Å². The van der Waals surface area contributed by atoms with Crippen molar-refractivity contribution in [2.75, 3.05) is 0 Å². The number of hydrogen-bond donors (Lipinski definition) is 1. The van der Waals surface area contributed by atoms with Crippen molar-refractivity contribution in [1.29, 1.82) is 0 Å². The smallest absolute Gasteiger partial charge is 0.433 e. The number of benzene rings is 1. The predicted molar refractivity (Wildman–Crippen MR) is 88.2 cm³/mol. The molecule has 9 heteroatoms. The van der Waals surface area contributed by atoms with Gasteiger partial charge in [0, 0.05) is 11.5 Å². The van der Waals surface area contributed by atoms with Crippen molar-refractivity contribution in [3.63, 3.8) is 0 Å². The van der Waals surface area contributed by atoms with E-state index in [1.165, 1.54) is 6.07 Å². The molecule has 0 spiro atoms. The van der Waals surface area contributed by atoms with Gasteiger partial charge < -0.3 is 18.7 Å². The van der Waals surface area contributed by atoms with E-state index in [-0.39, 0.29) is 12.3 Å². The van der Waals surface area contributed by atoms with E-state index < -0.39 is 16.7 Å². The average Bonchev–Trinajstić information content (AvgIpc) is 3.37. The lowest BCUT2D eigenvalue weighted by molar-refractivity contribution is -0.402. The summed E-state index contributed by atoms with van der Waals surface area (Å²) in [5.41, 5.74) is 1.20. The number of carbonyl (C=O) groups is 1. The van der Waals surface area contributed by atoms with Crippen LogP contribution in [0.25, 0.3) is 22.5 Å². The first-order valence-electron chi connectivity index (χ1n) is 7.57. The largest absolute Gasteiger partial charge is 0.453 e. The maximum atomic E-state index is 11.9. The van der Waals surface area contributed by atoms with E-state index in [9.17, 15) is 14.9 Å². The van der Waals surface area contributed by atoms with Gasteiger partial charge in [-0.25, -0.2) is 0 Å². The molecule has 0 bridgehead atoms. The number of hydrogen-bond acceptors (Lipinski definition) is 7. The van der Waals surface area contributed by atoms with Crippen LogP contribution in [0, 0.1) is 10.1 Å². The maximum Gasteiger partial charge on any atom is 0.433 e. The van der Waals surface area contributed by atoms with Gasteiger partial charge >= 0.3 is 5.88 Å². The number of fused-ring (bicyclic) bond motifs is 1. The molecule has 0 fully saturated rings. The number of carbonyl (C=O) groups excluding carboxylic acids is 1. The van der Waals surface area contributed by atoms with Crippen LogP contribution in [-0.2, 0) is 6.54 Å². The van der Waals surface area contributed by atoms with Crippen LogP contribution in [0.4, 0.5) is 5.88 Å². The van der Waals surface area contributed by atoms with Gasteiger partial charge in [0.15, 0.2) is 11.5 Å². The highest BCUT2D eigenvalue weighted by atomic mass is 16.6. The Labute approximate surface area is 145 Å². The summed E-state index contributed by atoms with van der Waals surface area (Å²) in [6.07, 6.45) is 0. The fourth-order valence-corrected chi connectivity index (χ4v) is 2.42. The summed E-state index contributed by atoms with van der Waals surface area (Å²) in [5.74, 6) is -0.287. The Morgan fingerprint density at radius 3 is 2.73 bits per heavy atom. The van der Waals surface area contributed by atoms with Gasteiger partial charge in [-0.2, -0.15) is 0 Å². The first-order chi connectivity index (χ1) is 12.6. The molecule has 9 nitrogen and oxygen atoms in total. The monoisotopic (exact) mass is 353 g/mol. The predicted octanol–water partition coefficient (Wildman–Crippen LogP) is 3.52. The van der Waals surface area contributed by atoms with E-state index in [0.29, 0.717) is 17.2 Å². The summed E-state index contributed by atoms with van der Waals surface area (Å²) in [5, 5.41) is 17.9. The molecule has 1 aromatic carbocycles. The van der Waals surface area contributed by atoms with Crippen molar-refractivity contribution in [1.82, 2.24) is 10.5 Å². The second-order valence-electron chi connectivity index (χ2n) is 5.41. The SMILES string of the molecule is O=C(NCc1cc(-c2cc3ccccc3o2)on1)c1ccc([N+](=O)[O-])o1. The van der Waals surface area contributed by atoms with Gasteiger partial charge in [0.25, 0.3) is 5.91 Å². The van der Waals surface area contributed by atoms with E-state index in [0.717, 1.165) is 17.0 Å². The Kier molecular flexibility index (Phi) is 3.73. The molecule has 1 amide bonds. The van der Waals surface area contributed by atoms with Crippen molar-refractivity contribution in [2.24, 2.45) is 0 Å². The third kappa shape index (κ3) is 2.93. The van der Waals surface area contributed by atoms with Gasteiger partial charge in [-0.05, 0) is 18.2 Å². The van der Waals surface area contributed by atoms with Gasteiger partial charge in [-0.15, -0.1) is 0 Å². The van der Waals surface area contributed by atoms with Gasteiger partial charge in [-0.3, -0.25) is 14.9 Å². The third-order valence-electron chi connectivity index (χ3n) is 3.65. The van der Waals surface area contributed by atoms with Crippen molar-refractivity contribution < 1.29 is 23.1 Å². The first kappa shape index (κ1) is 15.6. The van der Waals surface area contributed by atoms with Crippen LogP contribution in [0.2, 0.25) is 0 Å². The molecule has 26 heavy (non-hydrogen) atoms. The zero-order valence-corrected chi connectivity index (χ0v) is 13.2. The van der Waals surface area contributed by atoms with Gasteiger partial charge in [0.2, 0.25) is 5.76 Å². The minimum absolute atomic E-state index is 0.0665. The van der Waals surface area contributed by atoms with Gasteiger partial charge in [0.1, 0.15) is 16.2 Å². The minimum Gasteiger partial charge on any atom is -0.453 e. The van der Waals surface area contributed by atoms with Crippen LogP contribution in [0.5, 0.6) is 0 Å². The van der Waals surface area contributed by atoms with Crippen LogP contribution >= 0.6 is 0 Å². The number of aromatic nitrogens is 1. The normalized spacial score (nSPS) is 10.9. The highest BCUT2D eigenvalue weighted by Gasteiger charge is 2.18. The molecule has 130 valence electrons. The highest BCUT2D eigenvalue weighted by molar-refractivity contribution is 5.91. The van der Waals surface area contributed by atoms with Gasteiger partial charge in [0.05, 0.1) is 12.6 Å². The lowest BCUT2D eigenvalue weighted by atomic mass is 10.2. The molecule has 4 aromatic rings.